The lowest BCUT2D eigenvalue weighted by molar-refractivity contribution is 1.32. The molecule has 6 aromatic heterocycles. The quantitative estimate of drug-likeness (QED) is 0.335. The number of benzene rings is 3. The van der Waals surface area contributed by atoms with Crippen LogP contribution in [0, 0.1) is 0 Å². The Morgan fingerprint density at radius 3 is 0.917 bits per heavy atom. The molecule has 0 aliphatic heterocycles. The summed E-state index contributed by atoms with van der Waals surface area (Å²) in [6, 6.07) is 20.9. The molecule has 6 heteroatoms. The minimum absolute atomic E-state index is 0.142. The van der Waals surface area contributed by atoms with E-state index in [0.29, 0.717) is 32.6 Å². The monoisotopic (exact) mass is 464 g/mol. The average Bonchev–Trinajstić information content (AvgIpc) is 3.35. The predicted molar refractivity (Wildman–Crippen MR) is 143 cm³/mol. The third-order valence-corrected chi connectivity index (χ3v) is 7.88. The molecule has 0 saturated heterocycles. The van der Waals surface area contributed by atoms with Crippen molar-refractivity contribution in [3.63, 3.8) is 0 Å². The Morgan fingerprint density at radius 2 is 0.639 bits per heavy atom. The van der Waals surface area contributed by atoms with Crippen LogP contribution in [0.2, 0.25) is 0 Å². The highest BCUT2D eigenvalue weighted by molar-refractivity contribution is 6.23. The van der Waals surface area contributed by atoms with Gasteiger partial charge in [-0.05, 0) is 36.4 Å². The van der Waals surface area contributed by atoms with Crippen molar-refractivity contribution < 1.29 is 0 Å². The Kier molecular flexibility index (Phi) is 2.83. The Labute approximate surface area is 198 Å². The van der Waals surface area contributed by atoms with Gasteiger partial charge in [0.05, 0.1) is 33.1 Å². The summed E-state index contributed by atoms with van der Waals surface area (Å²) in [5.41, 5.74) is 3.55. The minimum atomic E-state index is -0.142. The number of aromatic nitrogens is 2. The van der Waals surface area contributed by atoms with Crippen molar-refractivity contribution in [3.8, 4) is 0 Å². The molecule has 0 atom stereocenters. The molecule has 6 nitrogen and oxygen atoms in total. The van der Waals surface area contributed by atoms with Gasteiger partial charge in [-0.2, -0.15) is 0 Å². The van der Waals surface area contributed by atoms with E-state index in [0.717, 1.165) is 43.6 Å². The Morgan fingerprint density at radius 1 is 0.361 bits per heavy atom. The van der Waals surface area contributed by atoms with E-state index < -0.39 is 0 Å². The first-order valence-electron chi connectivity index (χ1n) is 11.6. The number of hydrogen-bond acceptors (Lipinski definition) is 4. The zero-order valence-corrected chi connectivity index (χ0v) is 18.5. The Balaban J connectivity index is 1.63. The molecule has 3 aromatic carbocycles. The van der Waals surface area contributed by atoms with Gasteiger partial charge in [-0.15, -0.1) is 0 Å². The molecule has 0 amide bonds. The zero-order valence-electron chi connectivity index (χ0n) is 18.5. The summed E-state index contributed by atoms with van der Waals surface area (Å²) in [6.45, 7) is 0. The number of para-hydroxylation sites is 2. The van der Waals surface area contributed by atoms with Crippen LogP contribution in [0.5, 0.6) is 0 Å². The largest absolute Gasteiger partial charge is 0.307 e. The highest BCUT2D eigenvalue weighted by atomic mass is 16.1. The molecule has 0 unspecified atom stereocenters. The smallest absolute Gasteiger partial charge is 0.190 e. The molecule has 36 heavy (non-hydrogen) atoms. The second-order valence-corrected chi connectivity index (χ2v) is 9.59. The lowest BCUT2D eigenvalue weighted by atomic mass is 10.1. The van der Waals surface area contributed by atoms with Gasteiger partial charge in [-0.25, -0.2) is 0 Å². The van der Waals surface area contributed by atoms with Gasteiger partial charge in [0.1, 0.15) is 0 Å². The van der Waals surface area contributed by atoms with E-state index in [4.69, 9.17) is 0 Å². The lowest BCUT2D eigenvalue weighted by Gasteiger charge is -2.07. The molecule has 0 bridgehead atoms. The van der Waals surface area contributed by atoms with Crippen LogP contribution in [0.15, 0.2) is 92.0 Å². The van der Waals surface area contributed by atoms with Gasteiger partial charge in [-0.1, -0.05) is 12.1 Å². The van der Waals surface area contributed by atoms with E-state index in [1.54, 1.807) is 60.7 Å². The number of fused-ring (bicyclic) bond motifs is 6. The van der Waals surface area contributed by atoms with Crippen molar-refractivity contribution in [2.45, 2.75) is 0 Å². The molecule has 0 spiro atoms. The fraction of sp³-hybridized carbons (Fsp3) is 0. The van der Waals surface area contributed by atoms with E-state index in [9.17, 15) is 19.2 Å². The van der Waals surface area contributed by atoms with Crippen molar-refractivity contribution in [3.05, 3.63) is 114 Å². The zero-order chi connectivity index (χ0) is 24.0. The number of nitrogens with zero attached hydrogens (tertiary/aromatic N) is 2. The van der Waals surface area contributed by atoms with E-state index in [2.05, 4.69) is 0 Å². The highest BCUT2D eigenvalue weighted by Gasteiger charge is 2.22. The van der Waals surface area contributed by atoms with Gasteiger partial charge in [0.2, 0.25) is 0 Å². The van der Waals surface area contributed by atoms with Crippen LogP contribution >= 0.6 is 0 Å². The molecule has 0 aliphatic rings. The molecule has 9 aromatic rings. The summed E-state index contributed by atoms with van der Waals surface area (Å²) < 4.78 is 3.97. The van der Waals surface area contributed by atoms with E-state index in [-0.39, 0.29) is 21.7 Å². The van der Waals surface area contributed by atoms with Crippen molar-refractivity contribution in [2.75, 3.05) is 0 Å². The third kappa shape index (κ3) is 1.83. The molecule has 0 radical (unpaired) electrons. The Bertz CT molecular complexity index is 2310. The fourth-order valence-corrected chi connectivity index (χ4v) is 6.41. The number of pyridine rings is 4. The summed E-state index contributed by atoms with van der Waals surface area (Å²) in [6.07, 6.45) is 0. The summed E-state index contributed by atoms with van der Waals surface area (Å²) in [5, 5.41) is 5.31. The second kappa shape index (κ2) is 5.58. The van der Waals surface area contributed by atoms with Crippen molar-refractivity contribution >= 4 is 76.2 Å². The van der Waals surface area contributed by atoms with Crippen LogP contribution < -0.4 is 21.7 Å². The van der Waals surface area contributed by atoms with Crippen molar-refractivity contribution in [1.29, 1.82) is 0 Å². The molecule has 166 valence electrons. The standard InChI is InChI=1S/C30H12N2O4/c33-25-9-21-17-7-19-20(8-18(17)22-10-26(34)14-4-1-3-13(25)29(14)31(21)22)24-12-28(36)16-6-2-5-15-27(35)11-23(19)32(24)30(15)16/h1-12H. The maximum Gasteiger partial charge on any atom is 0.190 e. The summed E-state index contributed by atoms with van der Waals surface area (Å²) in [5.74, 6) is 0. The van der Waals surface area contributed by atoms with Crippen LogP contribution in [-0.2, 0) is 0 Å². The molecule has 0 fully saturated rings. The topological polar surface area (TPSA) is 77.1 Å². The molecule has 0 N–H and O–H groups in total. The van der Waals surface area contributed by atoms with Gasteiger partial charge in [0, 0.05) is 67.4 Å². The lowest BCUT2D eigenvalue weighted by Crippen LogP contribution is -2.10. The number of hydrogen-bond donors (Lipinski definition) is 0. The SMILES string of the molecule is O=c1cc2c3cc4c(cc3c3cc(=O)c5cccc1c5n23)c1cc(=O)c2cccc3c(=O)cc4n1c32. The first-order valence-corrected chi connectivity index (χ1v) is 11.6. The Hall–Kier alpha value is -5.10. The van der Waals surface area contributed by atoms with Crippen LogP contribution in [0.25, 0.3) is 76.2 Å². The van der Waals surface area contributed by atoms with Crippen LogP contribution in [0.4, 0.5) is 0 Å². The molecule has 0 saturated carbocycles. The van der Waals surface area contributed by atoms with E-state index >= 15 is 0 Å². The van der Waals surface area contributed by atoms with E-state index in [1.807, 2.05) is 20.9 Å². The maximum atomic E-state index is 13.1. The number of rotatable bonds is 0. The van der Waals surface area contributed by atoms with Gasteiger partial charge < -0.3 is 8.80 Å². The molecular weight excluding hydrogens is 452 g/mol. The summed E-state index contributed by atoms with van der Waals surface area (Å²) >= 11 is 0. The first-order chi connectivity index (χ1) is 17.5. The van der Waals surface area contributed by atoms with Gasteiger partial charge in [-0.3, -0.25) is 19.2 Å². The summed E-state index contributed by atoms with van der Waals surface area (Å²) in [4.78, 5) is 52.3. The van der Waals surface area contributed by atoms with E-state index in [1.165, 1.54) is 0 Å². The fourth-order valence-electron chi connectivity index (χ4n) is 6.41. The van der Waals surface area contributed by atoms with Crippen molar-refractivity contribution in [1.82, 2.24) is 8.80 Å². The average molecular weight is 464 g/mol. The highest BCUT2D eigenvalue weighted by Crippen LogP contribution is 2.39. The van der Waals surface area contributed by atoms with Crippen LogP contribution in [0.3, 0.4) is 0 Å². The van der Waals surface area contributed by atoms with Crippen LogP contribution in [0.1, 0.15) is 0 Å². The molecular formula is C30H12N2O4. The van der Waals surface area contributed by atoms with Gasteiger partial charge in [0.25, 0.3) is 0 Å². The molecule has 0 aliphatic carbocycles. The second-order valence-electron chi connectivity index (χ2n) is 9.59. The third-order valence-electron chi connectivity index (χ3n) is 7.88. The van der Waals surface area contributed by atoms with Crippen molar-refractivity contribution in [2.24, 2.45) is 0 Å². The van der Waals surface area contributed by atoms with Gasteiger partial charge in [0.15, 0.2) is 21.7 Å². The summed E-state index contributed by atoms with van der Waals surface area (Å²) in [7, 11) is 0. The molecule has 6 heterocycles. The first kappa shape index (κ1) is 18.3. The van der Waals surface area contributed by atoms with Gasteiger partial charge >= 0.3 is 0 Å². The molecule has 9 rings (SSSR count). The normalized spacial score (nSPS) is 12.9. The maximum absolute atomic E-state index is 13.1. The van der Waals surface area contributed by atoms with Crippen LogP contribution in [-0.4, -0.2) is 8.80 Å². The minimum Gasteiger partial charge on any atom is -0.307 e. The predicted octanol–water partition coefficient (Wildman–Crippen LogP) is 4.30.